The molecule has 0 saturated heterocycles. The Morgan fingerprint density at radius 2 is 2.12 bits per heavy atom. The van der Waals surface area contributed by atoms with Crippen molar-refractivity contribution >= 4 is 10.9 Å². The second-order valence-corrected chi connectivity index (χ2v) is 6.16. The number of benzene rings is 1. The summed E-state index contributed by atoms with van der Waals surface area (Å²) in [6.07, 6.45) is 5.52. The minimum atomic E-state index is -0.120. The molecule has 3 heterocycles. The van der Waals surface area contributed by atoms with Gasteiger partial charge in [0.05, 0.1) is 5.52 Å². The molecule has 0 amide bonds. The monoisotopic (exact) mass is 347 g/mol. The first-order chi connectivity index (χ1) is 12.6. The molecule has 4 aromatic rings. The smallest absolute Gasteiger partial charge is 0.241 e. The Morgan fingerprint density at radius 3 is 2.96 bits per heavy atom. The molecule has 0 spiro atoms. The Hall–Kier alpha value is -3.48. The van der Waals surface area contributed by atoms with Gasteiger partial charge in [-0.3, -0.25) is 19.6 Å². The van der Waals surface area contributed by atoms with Gasteiger partial charge in [0, 0.05) is 49.1 Å². The number of H-pyrrole nitrogens is 1. The summed E-state index contributed by atoms with van der Waals surface area (Å²) in [5, 5.41) is 12.1. The van der Waals surface area contributed by atoms with Gasteiger partial charge >= 0.3 is 0 Å². The SMILES string of the molecule is Cc1cnc2ccc(Oc3nn(C)cc3Cc3n[nH]ccc3=O)cc2c1. The van der Waals surface area contributed by atoms with Crippen LogP contribution in [0.1, 0.15) is 16.8 Å². The van der Waals surface area contributed by atoms with E-state index in [1.807, 2.05) is 44.6 Å². The highest BCUT2D eigenvalue weighted by molar-refractivity contribution is 5.80. The predicted molar refractivity (Wildman–Crippen MR) is 97.4 cm³/mol. The van der Waals surface area contributed by atoms with E-state index in [0.717, 1.165) is 22.0 Å². The average Bonchev–Trinajstić information content (AvgIpc) is 2.95. The number of nitrogens with zero attached hydrogens (tertiary/aromatic N) is 4. The summed E-state index contributed by atoms with van der Waals surface area (Å²) in [6.45, 7) is 2.00. The first-order valence-corrected chi connectivity index (χ1v) is 8.18. The zero-order chi connectivity index (χ0) is 18.1. The molecule has 0 aliphatic heterocycles. The molecule has 130 valence electrons. The average molecular weight is 347 g/mol. The van der Waals surface area contributed by atoms with E-state index in [9.17, 15) is 4.79 Å². The number of rotatable bonds is 4. The van der Waals surface area contributed by atoms with Crippen molar-refractivity contribution in [2.75, 3.05) is 0 Å². The molecule has 0 bridgehead atoms. The molecule has 7 nitrogen and oxygen atoms in total. The van der Waals surface area contributed by atoms with E-state index in [0.29, 0.717) is 23.7 Å². The zero-order valence-corrected chi connectivity index (χ0v) is 14.4. The Bertz CT molecular complexity index is 1150. The van der Waals surface area contributed by atoms with E-state index in [1.165, 1.54) is 12.3 Å². The molecule has 1 N–H and O–H groups in total. The maximum Gasteiger partial charge on any atom is 0.241 e. The fourth-order valence-electron chi connectivity index (χ4n) is 2.81. The van der Waals surface area contributed by atoms with Crippen LogP contribution < -0.4 is 10.2 Å². The first-order valence-electron chi connectivity index (χ1n) is 8.18. The van der Waals surface area contributed by atoms with Crippen molar-refractivity contribution in [1.29, 1.82) is 0 Å². The second-order valence-electron chi connectivity index (χ2n) is 6.16. The number of nitrogens with one attached hydrogen (secondary N) is 1. The molecule has 1 aromatic carbocycles. The van der Waals surface area contributed by atoms with Crippen LogP contribution in [0.15, 0.2) is 53.7 Å². The molecule has 0 saturated carbocycles. The van der Waals surface area contributed by atoms with E-state index in [-0.39, 0.29) is 5.43 Å². The maximum absolute atomic E-state index is 11.9. The van der Waals surface area contributed by atoms with Crippen molar-refractivity contribution in [3.05, 3.63) is 76.0 Å². The highest BCUT2D eigenvalue weighted by atomic mass is 16.5. The lowest BCUT2D eigenvalue weighted by Crippen LogP contribution is -2.11. The van der Waals surface area contributed by atoms with E-state index in [2.05, 4.69) is 26.3 Å². The van der Waals surface area contributed by atoms with Crippen LogP contribution in [-0.2, 0) is 13.5 Å². The van der Waals surface area contributed by atoms with Crippen LogP contribution in [0.4, 0.5) is 0 Å². The van der Waals surface area contributed by atoms with Crippen molar-refractivity contribution in [2.24, 2.45) is 7.05 Å². The van der Waals surface area contributed by atoms with Crippen molar-refractivity contribution in [3.8, 4) is 11.6 Å². The van der Waals surface area contributed by atoms with Gasteiger partial charge in [0.1, 0.15) is 11.4 Å². The number of fused-ring (bicyclic) bond motifs is 1. The Morgan fingerprint density at radius 1 is 1.23 bits per heavy atom. The summed E-state index contributed by atoms with van der Waals surface area (Å²) >= 11 is 0. The molecule has 0 radical (unpaired) electrons. The van der Waals surface area contributed by atoms with Gasteiger partial charge < -0.3 is 4.74 Å². The molecule has 0 fully saturated rings. The van der Waals surface area contributed by atoms with Crippen LogP contribution in [-0.4, -0.2) is 25.0 Å². The van der Waals surface area contributed by atoms with Crippen molar-refractivity contribution in [2.45, 2.75) is 13.3 Å². The third-order valence-electron chi connectivity index (χ3n) is 4.02. The number of aryl methyl sites for hydroxylation is 2. The van der Waals surface area contributed by atoms with E-state index in [1.54, 1.807) is 4.68 Å². The normalized spacial score (nSPS) is 11.0. The van der Waals surface area contributed by atoms with Crippen molar-refractivity contribution in [1.82, 2.24) is 25.0 Å². The van der Waals surface area contributed by atoms with Crippen LogP contribution in [0.5, 0.6) is 11.6 Å². The fraction of sp³-hybridized carbons (Fsp3) is 0.158. The maximum atomic E-state index is 11.9. The summed E-state index contributed by atoms with van der Waals surface area (Å²) in [5.41, 5.74) is 3.08. The molecule has 4 rings (SSSR count). The van der Waals surface area contributed by atoms with E-state index < -0.39 is 0 Å². The fourth-order valence-corrected chi connectivity index (χ4v) is 2.81. The number of pyridine rings is 1. The second kappa shape index (κ2) is 6.44. The Balaban J connectivity index is 1.66. The van der Waals surface area contributed by atoms with Crippen LogP contribution in [0, 0.1) is 6.92 Å². The van der Waals surface area contributed by atoms with Gasteiger partial charge in [-0.15, -0.1) is 5.10 Å². The summed E-state index contributed by atoms with van der Waals surface area (Å²) < 4.78 is 7.65. The number of hydrogen-bond acceptors (Lipinski definition) is 5. The van der Waals surface area contributed by atoms with Crippen LogP contribution >= 0.6 is 0 Å². The molecule has 0 aliphatic rings. The molecule has 3 aromatic heterocycles. The lowest BCUT2D eigenvalue weighted by Gasteiger charge is -2.06. The molecule has 7 heteroatoms. The third-order valence-corrected chi connectivity index (χ3v) is 4.02. The van der Waals surface area contributed by atoms with Gasteiger partial charge in [0.25, 0.3) is 0 Å². The predicted octanol–water partition coefficient (Wildman–Crippen LogP) is 2.74. The van der Waals surface area contributed by atoms with E-state index >= 15 is 0 Å². The first kappa shape index (κ1) is 16.0. The topological polar surface area (TPSA) is 85.7 Å². The lowest BCUT2D eigenvalue weighted by molar-refractivity contribution is 0.450. The molecule has 26 heavy (non-hydrogen) atoms. The van der Waals surface area contributed by atoms with Crippen molar-refractivity contribution in [3.63, 3.8) is 0 Å². The van der Waals surface area contributed by atoms with Crippen molar-refractivity contribution < 1.29 is 4.74 Å². The quantitative estimate of drug-likeness (QED) is 0.613. The van der Waals surface area contributed by atoms with Crippen LogP contribution in [0.25, 0.3) is 10.9 Å². The zero-order valence-electron chi connectivity index (χ0n) is 14.4. The van der Waals surface area contributed by atoms with Gasteiger partial charge in [0.15, 0.2) is 0 Å². The Kier molecular flexibility index (Phi) is 3.96. The van der Waals surface area contributed by atoms with Gasteiger partial charge in [-0.25, -0.2) is 0 Å². The van der Waals surface area contributed by atoms with Gasteiger partial charge in [-0.05, 0) is 36.8 Å². The number of hydrogen-bond donors (Lipinski definition) is 1. The highest BCUT2D eigenvalue weighted by Gasteiger charge is 2.14. The number of aromatic nitrogens is 5. The molecular weight excluding hydrogens is 330 g/mol. The summed E-state index contributed by atoms with van der Waals surface area (Å²) in [4.78, 5) is 16.3. The summed E-state index contributed by atoms with van der Waals surface area (Å²) in [7, 11) is 1.81. The van der Waals surface area contributed by atoms with Crippen LogP contribution in [0.2, 0.25) is 0 Å². The molecular formula is C19H17N5O2. The molecule has 0 aliphatic carbocycles. The number of ether oxygens (including phenoxy) is 1. The Labute approximate surface area is 149 Å². The largest absolute Gasteiger partial charge is 0.437 e. The minimum absolute atomic E-state index is 0.120. The van der Waals surface area contributed by atoms with Crippen LogP contribution in [0.3, 0.4) is 0 Å². The lowest BCUT2D eigenvalue weighted by atomic mass is 10.1. The highest BCUT2D eigenvalue weighted by Crippen LogP contribution is 2.27. The molecule has 0 unspecified atom stereocenters. The van der Waals surface area contributed by atoms with Gasteiger partial charge in [0.2, 0.25) is 11.3 Å². The summed E-state index contributed by atoms with van der Waals surface area (Å²) in [5.74, 6) is 1.12. The summed E-state index contributed by atoms with van der Waals surface area (Å²) in [6, 6.07) is 9.22. The number of aromatic amines is 1. The van der Waals surface area contributed by atoms with E-state index in [4.69, 9.17) is 4.74 Å². The minimum Gasteiger partial charge on any atom is -0.437 e. The molecule has 0 atom stereocenters. The standard InChI is InChI=1S/C19H17N5O2/c1-12-7-13-8-15(3-4-16(13)20-10-12)26-19-14(11-24(2)23-19)9-17-18(25)5-6-21-22-17/h3-8,10-11H,9H2,1-2H3,(H,21,25). The third kappa shape index (κ3) is 3.19. The van der Waals surface area contributed by atoms with Gasteiger partial charge in [-0.1, -0.05) is 0 Å². The van der Waals surface area contributed by atoms with Gasteiger partial charge in [-0.2, -0.15) is 5.10 Å².